The molecular formula is C23H19BrN4O2. The van der Waals surface area contributed by atoms with Crippen LogP contribution in [0.25, 0.3) is 22.3 Å². The molecule has 0 bridgehead atoms. The molecule has 150 valence electrons. The van der Waals surface area contributed by atoms with E-state index >= 15 is 0 Å². The highest BCUT2D eigenvalue weighted by Gasteiger charge is 2.09. The van der Waals surface area contributed by atoms with Crippen LogP contribution in [-0.4, -0.2) is 27.9 Å². The highest BCUT2D eigenvalue weighted by molar-refractivity contribution is 9.10. The molecule has 0 spiro atoms. The van der Waals surface area contributed by atoms with Gasteiger partial charge in [-0.25, -0.2) is 9.97 Å². The first-order chi connectivity index (χ1) is 14.6. The number of para-hydroxylation sites is 1. The molecule has 0 atom stereocenters. The second-order valence-electron chi connectivity index (χ2n) is 6.44. The Morgan fingerprint density at radius 2 is 1.87 bits per heavy atom. The zero-order valence-electron chi connectivity index (χ0n) is 16.2. The monoisotopic (exact) mass is 462 g/mol. The number of hydrazone groups is 1. The van der Waals surface area contributed by atoms with Crippen LogP contribution >= 0.6 is 15.9 Å². The predicted octanol–water partition coefficient (Wildman–Crippen LogP) is 5.61. The first-order valence-electron chi connectivity index (χ1n) is 9.41. The number of benzene rings is 3. The Bertz CT molecular complexity index is 1210. The lowest BCUT2D eigenvalue weighted by Crippen LogP contribution is -1.99. The minimum Gasteiger partial charge on any atom is -0.507 e. The molecule has 1 aromatic heterocycles. The number of ether oxygens (including phenoxy) is 1. The Kier molecular flexibility index (Phi) is 5.90. The van der Waals surface area contributed by atoms with Crippen molar-refractivity contribution in [3.05, 3.63) is 76.8 Å². The summed E-state index contributed by atoms with van der Waals surface area (Å²) in [6.07, 6.45) is 1.54. The van der Waals surface area contributed by atoms with Gasteiger partial charge in [-0.2, -0.15) is 5.10 Å². The Hall–Kier alpha value is -3.45. The molecule has 3 aromatic carbocycles. The molecule has 4 aromatic rings. The van der Waals surface area contributed by atoms with E-state index in [1.54, 1.807) is 24.4 Å². The SMILES string of the molecule is CCOc1ccc(/C=N\Nc2nc(-c3ccc(Br)cc3)nc3ccccc23)c(O)c1. The van der Waals surface area contributed by atoms with Gasteiger partial charge >= 0.3 is 0 Å². The van der Waals surface area contributed by atoms with Crippen molar-refractivity contribution < 1.29 is 9.84 Å². The Labute approximate surface area is 182 Å². The maximum absolute atomic E-state index is 10.2. The molecule has 30 heavy (non-hydrogen) atoms. The van der Waals surface area contributed by atoms with Gasteiger partial charge in [-0.05, 0) is 43.3 Å². The second kappa shape index (κ2) is 8.92. The summed E-state index contributed by atoms with van der Waals surface area (Å²) in [6, 6.07) is 20.7. The molecule has 0 fully saturated rings. The predicted molar refractivity (Wildman–Crippen MR) is 123 cm³/mol. The number of phenolic OH excluding ortho intramolecular Hbond substituents is 1. The molecule has 1 heterocycles. The van der Waals surface area contributed by atoms with Gasteiger partial charge in [0.15, 0.2) is 11.6 Å². The summed E-state index contributed by atoms with van der Waals surface area (Å²) in [6.45, 7) is 2.43. The van der Waals surface area contributed by atoms with Crippen LogP contribution in [0.5, 0.6) is 11.5 Å². The molecule has 0 saturated heterocycles. The van der Waals surface area contributed by atoms with Crippen molar-refractivity contribution >= 4 is 38.9 Å². The Balaban J connectivity index is 1.65. The van der Waals surface area contributed by atoms with Crippen molar-refractivity contribution in [2.24, 2.45) is 5.10 Å². The molecule has 6 nitrogen and oxygen atoms in total. The molecule has 0 saturated carbocycles. The highest BCUT2D eigenvalue weighted by Crippen LogP contribution is 2.26. The summed E-state index contributed by atoms with van der Waals surface area (Å²) >= 11 is 3.45. The van der Waals surface area contributed by atoms with Crippen LogP contribution < -0.4 is 10.2 Å². The van der Waals surface area contributed by atoms with Crippen LogP contribution in [0.1, 0.15) is 12.5 Å². The summed E-state index contributed by atoms with van der Waals surface area (Å²) < 4.78 is 6.38. The highest BCUT2D eigenvalue weighted by atomic mass is 79.9. The molecule has 0 amide bonds. The maximum Gasteiger partial charge on any atom is 0.162 e. The van der Waals surface area contributed by atoms with E-state index < -0.39 is 0 Å². The fourth-order valence-corrected chi connectivity index (χ4v) is 3.21. The summed E-state index contributed by atoms with van der Waals surface area (Å²) in [5, 5.41) is 15.3. The number of rotatable bonds is 6. The number of aromatic nitrogens is 2. The second-order valence-corrected chi connectivity index (χ2v) is 7.36. The minimum absolute atomic E-state index is 0.0922. The zero-order chi connectivity index (χ0) is 20.9. The average molecular weight is 463 g/mol. The first kappa shape index (κ1) is 19.8. The topological polar surface area (TPSA) is 79.6 Å². The third-order valence-electron chi connectivity index (χ3n) is 4.39. The van der Waals surface area contributed by atoms with Crippen LogP contribution in [0.2, 0.25) is 0 Å². The molecule has 0 aliphatic rings. The van der Waals surface area contributed by atoms with E-state index in [0.29, 0.717) is 29.6 Å². The normalized spacial score (nSPS) is 11.1. The molecule has 0 unspecified atom stereocenters. The van der Waals surface area contributed by atoms with Crippen LogP contribution in [-0.2, 0) is 0 Å². The van der Waals surface area contributed by atoms with Gasteiger partial charge in [0.1, 0.15) is 11.5 Å². The van der Waals surface area contributed by atoms with Gasteiger partial charge in [0.25, 0.3) is 0 Å². The standard InChI is InChI=1S/C23H19BrN4O2/c1-2-30-18-12-9-16(21(29)13-18)14-25-28-23-19-5-3-4-6-20(19)26-22(27-23)15-7-10-17(24)11-8-15/h3-14,29H,2H2,1H3,(H,26,27,28)/b25-14-. The van der Waals surface area contributed by atoms with Gasteiger partial charge in [-0.1, -0.05) is 40.2 Å². The van der Waals surface area contributed by atoms with Crippen molar-refractivity contribution in [3.63, 3.8) is 0 Å². The van der Waals surface area contributed by atoms with Crippen LogP contribution in [0.4, 0.5) is 5.82 Å². The van der Waals surface area contributed by atoms with Gasteiger partial charge in [-0.15, -0.1) is 0 Å². The lowest BCUT2D eigenvalue weighted by atomic mass is 10.2. The summed E-state index contributed by atoms with van der Waals surface area (Å²) in [5.74, 6) is 1.89. The average Bonchev–Trinajstić information content (AvgIpc) is 2.76. The van der Waals surface area contributed by atoms with Crippen molar-refractivity contribution in [1.29, 1.82) is 0 Å². The summed E-state index contributed by atoms with van der Waals surface area (Å²) in [5.41, 5.74) is 5.27. The lowest BCUT2D eigenvalue weighted by molar-refractivity contribution is 0.337. The number of halogens is 1. The van der Waals surface area contributed by atoms with Gasteiger partial charge in [0.05, 0.1) is 18.3 Å². The van der Waals surface area contributed by atoms with Crippen molar-refractivity contribution in [2.75, 3.05) is 12.0 Å². The molecule has 0 aliphatic carbocycles. The third kappa shape index (κ3) is 4.41. The van der Waals surface area contributed by atoms with E-state index in [2.05, 4.69) is 36.4 Å². The van der Waals surface area contributed by atoms with Gasteiger partial charge in [0, 0.05) is 27.1 Å². The first-order valence-corrected chi connectivity index (χ1v) is 10.2. The number of aromatic hydroxyl groups is 1. The Morgan fingerprint density at radius 3 is 2.63 bits per heavy atom. The van der Waals surface area contributed by atoms with Crippen molar-refractivity contribution in [3.8, 4) is 22.9 Å². The summed E-state index contributed by atoms with van der Waals surface area (Å²) in [4.78, 5) is 9.33. The van der Waals surface area contributed by atoms with Crippen molar-refractivity contribution in [2.45, 2.75) is 6.92 Å². The van der Waals surface area contributed by atoms with Gasteiger partial charge in [0.2, 0.25) is 0 Å². The van der Waals surface area contributed by atoms with E-state index in [-0.39, 0.29) is 5.75 Å². The van der Waals surface area contributed by atoms with E-state index in [1.165, 1.54) is 0 Å². The van der Waals surface area contributed by atoms with Gasteiger partial charge in [-0.3, -0.25) is 5.43 Å². The van der Waals surface area contributed by atoms with Crippen LogP contribution in [0.15, 0.2) is 76.3 Å². The van der Waals surface area contributed by atoms with Crippen molar-refractivity contribution in [1.82, 2.24) is 9.97 Å². The quantitative estimate of drug-likeness (QED) is 0.287. The fourth-order valence-electron chi connectivity index (χ4n) is 2.94. The van der Waals surface area contributed by atoms with Crippen LogP contribution in [0.3, 0.4) is 0 Å². The van der Waals surface area contributed by atoms with Crippen LogP contribution in [0, 0.1) is 0 Å². The fraction of sp³-hybridized carbons (Fsp3) is 0.0870. The number of nitrogens with zero attached hydrogens (tertiary/aromatic N) is 3. The van der Waals surface area contributed by atoms with E-state index in [4.69, 9.17) is 4.74 Å². The number of hydrogen-bond acceptors (Lipinski definition) is 6. The lowest BCUT2D eigenvalue weighted by Gasteiger charge is -2.08. The molecular weight excluding hydrogens is 444 g/mol. The smallest absolute Gasteiger partial charge is 0.162 e. The number of anilines is 1. The molecule has 4 rings (SSSR count). The minimum atomic E-state index is 0.0922. The molecule has 7 heteroatoms. The van der Waals surface area contributed by atoms with E-state index in [9.17, 15) is 5.11 Å². The molecule has 0 aliphatic heterocycles. The van der Waals surface area contributed by atoms with Gasteiger partial charge < -0.3 is 9.84 Å². The largest absolute Gasteiger partial charge is 0.507 e. The number of phenols is 1. The number of fused-ring (bicyclic) bond motifs is 1. The van der Waals surface area contributed by atoms with E-state index in [1.807, 2.05) is 55.5 Å². The number of hydrogen-bond donors (Lipinski definition) is 2. The third-order valence-corrected chi connectivity index (χ3v) is 4.92. The molecule has 0 radical (unpaired) electrons. The summed E-state index contributed by atoms with van der Waals surface area (Å²) in [7, 11) is 0. The van der Waals surface area contributed by atoms with E-state index in [0.717, 1.165) is 20.9 Å². The maximum atomic E-state index is 10.2. The Morgan fingerprint density at radius 1 is 1.07 bits per heavy atom. The molecule has 2 N–H and O–H groups in total. The number of nitrogens with one attached hydrogen (secondary N) is 1. The zero-order valence-corrected chi connectivity index (χ0v) is 17.8.